The number of para-hydroxylation sites is 2. The number of esters is 1. The number of benzene rings is 3. The number of anilines is 4. The Hall–Kier alpha value is -3.80. The molecule has 3 rings (SSSR count). The van der Waals surface area contributed by atoms with Crippen LogP contribution in [0.1, 0.15) is 45.7 Å². The van der Waals surface area contributed by atoms with Gasteiger partial charge in [-0.25, -0.2) is 4.79 Å². The van der Waals surface area contributed by atoms with E-state index >= 15 is 0 Å². The largest absolute Gasteiger partial charge is 0.465 e. The number of carbonyl (C=O) groups is 2. The van der Waals surface area contributed by atoms with Crippen LogP contribution in [0.4, 0.5) is 22.7 Å². The fraction of sp³-hybridized carbons (Fsp3) is 0.200. The van der Waals surface area contributed by atoms with E-state index in [4.69, 9.17) is 10.5 Å². The lowest BCUT2D eigenvalue weighted by atomic mass is 10.0. The lowest BCUT2D eigenvalue weighted by Crippen LogP contribution is -2.18. The van der Waals surface area contributed by atoms with Crippen molar-refractivity contribution in [3.8, 4) is 0 Å². The minimum absolute atomic E-state index is 0.0951. The highest BCUT2D eigenvalue weighted by Crippen LogP contribution is 2.34. The first-order valence-corrected chi connectivity index (χ1v) is 10.2. The van der Waals surface area contributed by atoms with Crippen LogP contribution in [0, 0.1) is 0 Å². The van der Waals surface area contributed by atoms with E-state index in [2.05, 4.69) is 24.5 Å². The molecule has 3 aromatic carbocycles. The zero-order valence-electron chi connectivity index (χ0n) is 18.0. The van der Waals surface area contributed by atoms with Crippen LogP contribution in [0.25, 0.3) is 0 Å². The van der Waals surface area contributed by atoms with Crippen molar-refractivity contribution in [2.45, 2.75) is 26.7 Å². The van der Waals surface area contributed by atoms with Crippen molar-refractivity contribution in [1.29, 1.82) is 0 Å². The molecule has 0 spiro atoms. The monoisotopic (exact) mass is 417 g/mol. The Morgan fingerprint density at radius 3 is 1.65 bits per heavy atom. The number of hydrogen-bond acceptors (Lipinski definition) is 5. The topological polar surface area (TPSA) is 93.5 Å². The molecule has 0 heterocycles. The molecule has 1 amide bonds. The van der Waals surface area contributed by atoms with Gasteiger partial charge in [0, 0.05) is 11.4 Å². The highest BCUT2D eigenvalue weighted by Gasteiger charge is 2.20. The summed E-state index contributed by atoms with van der Waals surface area (Å²) >= 11 is 0. The fourth-order valence-electron chi connectivity index (χ4n) is 3.48. The van der Waals surface area contributed by atoms with E-state index < -0.39 is 11.9 Å². The van der Waals surface area contributed by atoms with Crippen LogP contribution >= 0.6 is 0 Å². The Balaban J connectivity index is 2.17. The molecule has 0 atom stereocenters. The summed E-state index contributed by atoms with van der Waals surface area (Å²) in [4.78, 5) is 24.5. The van der Waals surface area contributed by atoms with Gasteiger partial charge < -0.3 is 21.1 Å². The predicted molar refractivity (Wildman–Crippen MR) is 125 cm³/mol. The maximum Gasteiger partial charge on any atom is 0.338 e. The SMILES string of the molecule is CCc1ccccc1Nc1cc(C(N)=O)c(C(=O)OC)cc1Nc1ccccc1CC. The summed E-state index contributed by atoms with van der Waals surface area (Å²) in [7, 11) is 1.27. The molecular formula is C25H27N3O3. The lowest BCUT2D eigenvalue weighted by molar-refractivity contribution is 0.0597. The number of rotatable bonds is 8. The van der Waals surface area contributed by atoms with E-state index in [1.807, 2.05) is 48.5 Å². The molecule has 0 aromatic heterocycles. The van der Waals surface area contributed by atoms with Crippen molar-refractivity contribution in [2.24, 2.45) is 5.73 Å². The van der Waals surface area contributed by atoms with Crippen LogP contribution in [0.3, 0.4) is 0 Å². The minimum Gasteiger partial charge on any atom is -0.465 e. The van der Waals surface area contributed by atoms with Crippen molar-refractivity contribution in [2.75, 3.05) is 17.7 Å². The van der Waals surface area contributed by atoms with Crippen LogP contribution < -0.4 is 16.4 Å². The maximum atomic E-state index is 12.4. The van der Waals surface area contributed by atoms with Gasteiger partial charge in [0.15, 0.2) is 0 Å². The lowest BCUT2D eigenvalue weighted by Gasteiger charge is -2.19. The quantitative estimate of drug-likeness (QED) is 0.439. The molecule has 160 valence electrons. The normalized spacial score (nSPS) is 10.4. The van der Waals surface area contributed by atoms with Crippen LogP contribution in [-0.2, 0) is 17.6 Å². The van der Waals surface area contributed by atoms with E-state index in [9.17, 15) is 9.59 Å². The molecule has 0 aliphatic heterocycles. The number of nitrogens with two attached hydrogens (primary N) is 1. The van der Waals surface area contributed by atoms with Gasteiger partial charge in [0.2, 0.25) is 5.91 Å². The predicted octanol–water partition coefficient (Wildman–Crippen LogP) is 5.18. The number of carbonyl (C=O) groups excluding carboxylic acids is 2. The third-order valence-corrected chi connectivity index (χ3v) is 5.16. The number of hydrogen-bond donors (Lipinski definition) is 3. The van der Waals surface area contributed by atoms with Crippen LogP contribution in [0.2, 0.25) is 0 Å². The molecule has 0 fully saturated rings. The third-order valence-electron chi connectivity index (χ3n) is 5.16. The molecule has 0 saturated carbocycles. The highest BCUT2D eigenvalue weighted by molar-refractivity contribution is 6.07. The number of primary amides is 1. The first-order chi connectivity index (χ1) is 15.0. The average Bonchev–Trinajstić information content (AvgIpc) is 2.79. The first kappa shape index (κ1) is 21.9. The van der Waals surface area contributed by atoms with Crippen molar-refractivity contribution in [3.63, 3.8) is 0 Å². The van der Waals surface area contributed by atoms with Gasteiger partial charge in [-0.3, -0.25) is 4.79 Å². The molecule has 0 unspecified atom stereocenters. The molecule has 0 aliphatic rings. The number of amides is 1. The standard InChI is InChI=1S/C25H27N3O3/c1-4-16-10-6-8-12-20(16)27-22-14-18(24(26)29)19(25(30)31-3)15-23(22)28-21-13-9-7-11-17(21)5-2/h6-15,27-28H,4-5H2,1-3H3,(H2,26,29). The second kappa shape index (κ2) is 9.80. The van der Waals surface area contributed by atoms with Crippen molar-refractivity contribution in [1.82, 2.24) is 0 Å². The molecule has 4 N–H and O–H groups in total. The Morgan fingerprint density at radius 2 is 1.23 bits per heavy atom. The van der Waals surface area contributed by atoms with Crippen molar-refractivity contribution >= 4 is 34.6 Å². The molecule has 3 aromatic rings. The number of ether oxygens (including phenoxy) is 1. The van der Waals surface area contributed by atoms with Gasteiger partial charge in [-0.15, -0.1) is 0 Å². The van der Waals surface area contributed by atoms with E-state index in [1.165, 1.54) is 7.11 Å². The summed E-state index contributed by atoms with van der Waals surface area (Å²) in [6.07, 6.45) is 1.68. The Labute approximate surface area is 182 Å². The minimum atomic E-state index is -0.701. The fourth-order valence-corrected chi connectivity index (χ4v) is 3.48. The molecule has 0 radical (unpaired) electrons. The average molecular weight is 418 g/mol. The zero-order chi connectivity index (χ0) is 22.4. The van der Waals surface area contributed by atoms with E-state index in [0.29, 0.717) is 11.4 Å². The van der Waals surface area contributed by atoms with Gasteiger partial charge in [0.25, 0.3) is 0 Å². The second-order valence-corrected chi connectivity index (χ2v) is 7.07. The summed E-state index contributed by atoms with van der Waals surface area (Å²) in [6, 6.07) is 19.1. The molecule has 31 heavy (non-hydrogen) atoms. The Morgan fingerprint density at radius 1 is 0.774 bits per heavy atom. The summed E-state index contributed by atoms with van der Waals surface area (Å²) in [5, 5.41) is 6.82. The third kappa shape index (κ3) is 4.86. The summed E-state index contributed by atoms with van der Waals surface area (Å²) < 4.78 is 4.88. The highest BCUT2D eigenvalue weighted by atomic mass is 16.5. The van der Waals surface area contributed by atoms with Crippen LogP contribution in [-0.4, -0.2) is 19.0 Å². The molecule has 6 nitrogen and oxygen atoms in total. The van der Waals surface area contributed by atoms with Gasteiger partial charge in [-0.2, -0.15) is 0 Å². The zero-order valence-corrected chi connectivity index (χ0v) is 18.0. The molecule has 0 bridgehead atoms. The Kier molecular flexibility index (Phi) is 6.92. The molecule has 0 aliphatic carbocycles. The summed E-state index contributed by atoms with van der Waals surface area (Å²) in [5.41, 5.74) is 11.1. The van der Waals surface area contributed by atoms with Gasteiger partial charge in [-0.1, -0.05) is 50.2 Å². The number of aryl methyl sites for hydroxylation is 2. The van der Waals surface area contributed by atoms with Gasteiger partial charge in [0.05, 0.1) is 29.6 Å². The van der Waals surface area contributed by atoms with Crippen molar-refractivity contribution in [3.05, 3.63) is 82.9 Å². The van der Waals surface area contributed by atoms with Gasteiger partial charge in [-0.05, 0) is 48.2 Å². The molecular weight excluding hydrogens is 390 g/mol. The second-order valence-electron chi connectivity index (χ2n) is 7.07. The smallest absolute Gasteiger partial charge is 0.338 e. The molecule has 0 saturated heterocycles. The van der Waals surface area contributed by atoms with E-state index in [0.717, 1.165) is 35.3 Å². The number of nitrogens with one attached hydrogen (secondary N) is 2. The summed E-state index contributed by atoms with van der Waals surface area (Å²) in [5.74, 6) is -1.33. The maximum absolute atomic E-state index is 12.4. The van der Waals surface area contributed by atoms with E-state index in [-0.39, 0.29) is 11.1 Å². The van der Waals surface area contributed by atoms with Gasteiger partial charge >= 0.3 is 5.97 Å². The van der Waals surface area contributed by atoms with Crippen LogP contribution in [0.15, 0.2) is 60.7 Å². The number of methoxy groups -OCH3 is 1. The van der Waals surface area contributed by atoms with Crippen molar-refractivity contribution < 1.29 is 14.3 Å². The summed E-state index contributed by atoms with van der Waals surface area (Å²) in [6.45, 7) is 4.15. The Bertz CT molecular complexity index is 1110. The van der Waals surface area contributed by atoms with Gasteiger partial charge in [0.1, 0.15) is 0 Å². The van der Waals surface area contributed by atoms with Crippen LogP contribution in [0.5, 0.6) is 0 Å². The molecule has 6 heteroatoms. The first-order valence-electron chi connectivity index (χ1n) is 10.2. The van der Waals surface area contributed by atoms with E-state index in [1.54, 1.807) is 12.1 Å².